The summed E-state index contributed by atoms with van der Waals surface area (Å²) in [5.74, 6) is 0.878. The van der Waals surface area contributed by atoms with Crippen molar-refractivity contribution < 1.29 is 0 Å². The fourth-order valence-corrected chi connectivity index (χ4v) is 2.87. The smallest absolute Gasteiger partial charge is 0.165 e. The van der Waals surface area contributed by atoms with Crippen molar-refractivity contribution in [3.8, 4) is 0 Å². The molecule has 0 amide bonds. The van der Waals surface area contributed by atoms with Crippen LogP contribution in [0.3, 0.4) is 0 Å². The first kappa shape index (κ1) is 12.7. The summed E-state index contributed by atoms with van der Waals surface area (Å²) in [5, 5.41) is 17.1. The number of nitrogens with one attached hydrogen (secondary N) is 1. The van der Waals surface area contributed by atoms with Gasteiger partial charge in [0.05, 0.1) is 13.1 Å². The van der Waals surface area contributed by atoms with E-state index >= 15 is 0 Å². The van der Waals surface area contributed by atoms with Gasteiger partial charge in [-0.3, -0.25) is 0 Å². The minimum absolute atomic E-state index is 0.716. The van der Waals surface area contributed by atoms with E-state index in [1.54, 1.807) is 11.3 Å². The van der Waals surface area contributed by atoms with Gasteiger partial charge < -0.3 is 5.32 Å². The Balaban J connectivity index is 1.98. The predicted octanol–water partition coefficient (Wildman–Crippen LogP) is 2.04. The minimum Gasteiger partial charge on any atom is -0.310 e. The maximum atomic E-state index is 4.02. The molecule has 0 atom stereocenters. The van der Waals surface area contributed by atoms with Crippen LogP contribution in [-0.2, 0) is 13.1 Å². The molecule has 0 saturated heterocycles. The summed E-state index contributed by atoms with van der Waals surface area (Å²) < 4.78 is 2.94. The van der Waals surface area contributed by atoms with Crippen molar-refractivity contribution in [2.75, 3.05) is 6.54 Å². The number of thiophene rings is 1. The number of aromatic nitrogens is 4. The Kier molecular flexibility index (Phi) is 4.64. The summed E-state index contributed by atoms with van der Waals surface area (Å²) in [7, 11) is 0. The van der Waals surface area contributed by atoms with E-state index in [1.165, 1.54) is 4.88 Å². The quantitative estimate of drug-likeness (QED) is 0.829. The van der Waals surface area contributed by atoms with Gasteiger partial charge in [0, 0.05) is 14.7 Å². The van der Waals surface area contributed by atoms with E-state index in [-0.39, 0.29) is 0 Å². The molecule has 0 spiro atoms. The predicted molar refractivity (Wildman–Crippen MR) is 70.9 cm³/mol. The van der Waals surface area contributed by atoms with Gasteiger partial charge in [0.1, 0.15) is 0 Å². The van der Waals surface area contributed by atoms with Gasteiger partial charge in [0.2, 0.25) is 0 Å². The Hall–Kier alpha value is -0.790. The summed E-state index contributed by atoms with van der Waals surface area (Å²) in [6, 6.07) is 2.09. The SMILES string of the molecule is CCCNCc1nnnn1Cc1cc(Br)cs1. The third-order valence-corrected chi connectivity index (χ3v) is 3.93. The highest BCUT2D eigenvalue weighted by atomic mass is 79.9. The first-order valence-corrected chi connectivity index (χ1v) is 7.15. The Labute approximate surface area is 112 Å². The number of hydrogen-bond donors (Lipinski definition) is 1. The van der Waals surface area contributed by atoms with Crippen LogP contribution in [0.25, 0.3) is 0 Å². The Morgan fingerprint density at radius 3 is 3.12 bits per heavy atom. The number of rotatable bonds is 6. The molecule has 92 valence electrons. The largest absolute Gasteiger partial charge is 0.310 e. The number of tetrazole rings is 1. The lowest BCUT2D eigenvalue weighted by Gasteiger charge is -2.03. The van der Waals surface area contributed by atoms with Crippen LogP contribution in [0.1, 0.15) is 24.0 Å². The molecule has 0 bridgehead atoms. The number of hydrogen-bond acceptors (Lipinski definition) is 5. The summed E-state index contributed by atoms with van der Waals surface area (Å²) in [6.45, 7) is 4.57. The summed E-state index contributed by atoms with van der Waals surface area (Å²) in [6.07, 6.45) is 1.11. The molecule has 0 unspecified atom stereocenters. The topological polar surface area (TPSA) is 55.6 Å². The zero-order valence-corrected chi connectivity index (χ0v) is 12.0. The Morgan fingerprint density at radius 1 is 1.53 bits per heavy atom. The first-order valence-electron chi connectivity index (χ1n) is 5.48. The lowest BCUT2D eigenvalue weighted by Crippen LogP contribution is -2.18. The van der Waals surface area contributed by atoms with Crippen molar-refractivity contribution in [3.63, 3.8) is 0 Å². The summed E-state index contributed by atoms with van der Waals surface area (Å²) >= 11 is 5.14. The van der Waals surface area contributed by atoms with Gasteiger partial charge >= 0.3 is 0 Å². The molecule has 5 nitrogen and oxygen atoms in total. The van der Waals surface area contributed by atoms with Crippen LogP contribution < -0.4 is 5.32 Å². The maximum absolute atomic E-state index is 4.02. The van der Waals surface area contributed by atoms with Crippen molar-refractivity contribution in [1.29, 1.82) is 0 Å². The van der Waals surface area contributed by atoms with Crippen LogP contribution in [0.4, 0.5) is 0 Å². The van der Waals surface area contributed by atoms with Crippen LogP contribution in [0.2, 0.25) is 0 Å². The van der Waals surface area contributed by atoms with Gasteiger partial charge in [-0.05, 0) is 45.4 Å². The monoisotopic (exact) mass is 315 g/mol. The lowest BCUT2D eigenvalue weighted by atomic mass is 10.4. The van der Waals surface area contributed by atoms with Crippen LogP contribution in [0.5, 0.6) is 0 Å². The van der Waals surface area contributed by atoms with Crippen LogP contribution in [0.15, 0.2) is 15.9 Å². The summed E-state index contributed by atoms with van der Waals surface area (Å²) in [4.78, 5) is 1.24. The first-order chi connectivity index (χ1) is 8.29. The highest BCUT2D eigenvalue weighted by Gasteiger charge is 2.07. The van der Waals surface area contributed by atoms with Gasteiger partial charge in [-0.15, -0.1) is 16.4 Å². The van der Waals surface area contributed by atoms with Crippen molar-refractivity contribution in [3.05, 3.63) is 26.6 Å². The van der Waals surface area contributed by atoms with Gasteiger partial charge in [-0.25, -0.2) is 4.68 Å². The minimum atomic E-state index is 0.716. The summed E-state index contributed by atoms with van der Waals surface area (Å²) in [5.41, 5.74) is 0. The van der Waals surface area contributed by atoms with E-state index < -0.39 is 0 Å². The fraction of sp³-hybridized carbons (Fsp3) is 0.500. The van der Waals surface area contributed by atoms with Crippen LogP contribution in [0, 0.1) is 0 Å². The van der Waals surface area contributed by atoms with E-state index in [4.69, 9.17) is 0 Å². The van der Waals surface area contributed by atoms with Crippen LogP contribution in [-0.4, -0.2) is 26.8 Å². The Bertz CT molecular complexity index is 467. The van der Waals surface area contributed by atoms with E-state index in [9.17, 15) is 0 Å². The molecular formula is C10H14BrN5S. The molecule has 2 aromatic rings. The maximum Gasteiger partial charge on any atom is 0.165 e. The van der Waals surface area contributed by atoms with Crippen molar-refractivity contribution in [1.82, 2.24) is 25.5 Å². The van der Waals surface area contributed by atoms with Crippen molar-refractivity contribution in [2.24, 2.45) is 0 Å². The molecular weight excluding hydrogens is 302 g/mol. The molecule has 17 heavy (non-hydrogen) atoms. The molecule has 0 aliphatic heterocycles. The molecule has 0 radical (unpaired) electrons. The highest BCUT2D eigenvalue weighted by Crippen LogP contribution is 2.20. The van der Waals surface area contributed by atoms with Gasteiger partial charge in [-0.2, -0.15) is 0 Å². The third-order valence-electron chi connectivity index (χ3n) is 2.24. The van der Waals surface area contributed by atoms with Crippen LogP contribution >= 0.6 is 27.3 Å². The van der Waals surface area contributed by atoms with Gasteiger partial charge in [0.25, 0.3) is 0 Å². The Morgan fingerprint density at radius 2 is 2.41 bits per heavy atom. The fourth-order valence-electron chi connectivity index (χ4n) is 1.43. The zero-order chi connectivity index (χ0) is 12.1. The van der Waals surface area contributed by atoms with Crippen molar-refractivity contribution >= 4 is 27.3 Å². The average molecular weight is 316 g/mol. The normalized spacial score (nSPS) is 10.9. The van der Waals surface area contributed by atoms with Gasteiger partial charge in [-0.1, -0.05) is 6.92 Å². The molecule has 0 aliphatic rings. The van der Waals surface area contributed by atoms with E-state index in [1.807, 2.05) is 4.68 Å². The second-order valence-electron chi connectivity index (χ2n) is 3.66. The average Bonchev–Trinajstić information content (AvgIpc) is 2.90. The molecule has 0 aliphatic carbocycles. The van der Waals surface area contributed by atoms with E-state index in [0.717, 1.165) is 29.8 Å². The molecule has 1 N–H and O–H groups in total. The number of halogens is 1. The number of nitrogens with zero attached hydrogens (tertiary/aromatic N) is 4. The highest BCUT2D eigenvalue weighted by molar-refractivity contribution is 9.10. The second kappa shape index (κ2) is 6.23. The molecule has 2 rings (SSSR count). The van der Waals surface area contributed by atoms with E-state index in [0.29, 0.717) is 6.54 Å². The van der Waals surface area contributed by atoms with E-state index in [2.05, 4.69) is 55.1 Å². The molecule has 0 fully saturated rings. The molecule has 2 aromatic heterocycles. The molecule has 0 saturated carbocycles. The lowest BCUT2D eigenvalue weighted by molar-refractivity contribution is 0.580. The second-order valence-corrected chi connectivity index (χ2v) is 5.57. The molecule has 0 aromatic carbocycles. The molecule has 2 heterocycles. The van der Waals surface area contributed by atoms with Crippen molar-refractivity contribution in [2.45, 2.75) is 26.4 Å². The third kappa shape index (κ3) is 3.58. The molecule has 7 heteroatoms. The van der Waals surface area contributed by atoms with Gasteiger partial charge in [0.15, 0.2) is 5.82 Å². The standard InChI is InChI=1S/C10H14BrN5S/c1-2-3-12-5-10-13-14-15-16(10)6-9-4-8(11)7-17-9/h4,7,12H,2-3,5-6H2,1H3. The zero-order valence-electron chi connectivity index (χ0n) is 9.56.